The SMILES string of the molecule is CCCCN1C(C)=C(C)S/C1=C\C(=O)C12CC3CC(CC(C3)C1)C2. The summed E-state index contributed by atoms with van der Waals surface area (Å²) in [5.41, 5.74) is 1.35. The summed E-state index contributed by atoms with van der Waals surface area (Å²) in [4.78, 5) is 17.1. The number of nitrogens with zero attached hydrogens (tertiary/aromatic N) is 1. The molecular weight excluding hydrogens is 314 g/mol. The fourth-order valence-electron chi connectivity index (χ4n) is 6.02. The molecule has 0 saturated heterocycles. The lowest BCUT2D eigenvalue weighted by atomic mass is 9.48. The van der Waals surface area contributed by atoms with Crippen molar-refractivity contribution in [1.82, 2.24) is 4.90 Å². The molecule has 0 radical (unpaired) electrons. The summed E-state index contributed by atoms with van der Waals surface area (Å²) in [6, 6.07) is 0. The van der Waals surface area contributed by atoms with Gasteiger partial charge in [-0.15, -0.1) is 0 Å². The van der Waals surface area contributed by atoms with Gasteiger partial charge in [0.15, 0.2) is 5.78 Å². The van der Waals surface area contributed by atoms with Crippen LogP contribution in [-0.2, 0) is 4.79 Å². The van der Waals surface area contributed by atoms with Crippen LogP contribution in [0, 0.1) is 23.2 Å². The minimum Gasteiger partial charge on any atom is -0.339 e. The highest BCUT2D eigenvalue weighted by Gasteiger charge is 2.54. The molecule has 0 amide bonds. The summed E-state index contributed by atoms with van der Waals surface area (Å²) in [6.45, 7) is 7.68. The van der Waals surface area contributed by atoms with Gasteiger partial charge in [-0.1, -0.05) is 25.1 Å². The molecule has 0 aromatic heterocycles. The molecule has 5 aliphatic rings. The Hall–Kier alpha value is -0.700. The molecule has 0 unspecified atom stereocenters. The first kappa shape index (κ1) is 16.8. The molecule has 0 spiro atoms. The highest BCUT2D eigenvalue weighted by molar-refractivity contribution is 8.06. The summed E-state index contributed by atoms with van der Waals surface area (Å²) in [6.07, 6.45) is 12.2. The summed E-state index contributed by atoms with van der Waals surface area (Å²) in [5.74, 6) is 2.97. The highest BCUT2D eigenvalue weighted by Crippen LogP contribution is 2.60. The average Bonchev–Trinajstić information content (AvgIpc) is 2.78. The van der Waals surface area contributed by atoms with Crippen molar-refractivity contribution in [2.45, 2.75) is 72.1 Å². The fourth-order valence-corrected chi connectivity index (χ4v) is 7.10. The van der Waals surface area contributed by atoms with Gasteiger partial charge in [0, 0.05) is 28.6 Å². The van der Waals surface area contributed by atoms with Crippen molar-refractivity contribution < 1.29 is 4.79 Å². The normalized spacial score (nSPS) is 39.4. The van der Waals surface area contributed by atoms with E-state index < -0.39 is 0 Å². The second-order valence-electron chi connectivity index (χ2n) is 8.79. The third-order valence-electron chi connectivity index (χ3n) is 6.99. The van der Waals surface area contributed by atoms with Crippen molar-refractivity contribution in [3.8, 4) is 0 Å². The smallest absolute Gasteiger partial charge is 0.164 e. The maximum atomic E-state index is 13.4. The minimum absolute atomic E-state index is 0.00311. The number of carbonyl (C=O) groups excluding carboxylic acids is 1. The molecule has 2 nitrogen and oxygen atoms in total. The van der Waals surface area contributed by atoms with E-state index in [-0.39, 0.29) is 5.41 Å². The molecule has 5 rings (SSSR count). The second-order valence-corrected chi connectivity index (χ2v) is 10.0. The van der Waals surface area contributed by atoms with Crippen molar-refractivity contribution in [3.63, 3.8) is 0 Å². The third kappa shape index (κ3) is 2.77. The first-order valence-electron chi connectivity index (χ1n) is 9.90. The van der Waals surface area contributed by atoms with Crippen LogP contribution in [0.3, 0.4) is 0 Å². The molecule has 0 aromatic rings. The molecule has 0 atom stereocenters. The van der Waals surface area contributed by atoms with Crippen molar-refractivity contribution in [3.05, 3.63) is 21.7 Å². The summed E-state index contributed by atoms with van der Waals surface area (Å²) in [7, 11) is 0. The monoisotopic (exact) mass is 345 g/mol. The molecule has 0 aromatic carbocycles. The van der Waals surface area contributed by atoms with Gasteiger partial charge in [0.2, 0.25) is 0 Å². The number of rotatable bonds is 5. The van der Waals surface area contributed by atoms with Gasteiger partial charge in [-0.05, 0) is 76.5 Å². The van der Waals surface area contributed by atoms with E-state index in [0.717, 1.165) is 24.3 Å². The zero-order valence-electron chi connectivity index (χ0n) is 15.4. The van der Waals surface area contributed by atoms with E-state index in [1.807, 2.05) is 17.8 Å². The van der Waals surface area contributed by atoms with E-state index in [1.165, 1.54) is 67.0 Å². The molecule has 4 aliphatic carbocycles. The van der Waals surface area contributed by atoms with Crippen LogP contribution >= 0.6 is 11.8 Å². The maximum Gasteiger partial charge on any atom is 0.164 e. The number of hydrogen-bond acceptors (Lipinski definition) is 3. The van der Waals surface area contributed by atoms with Crippen LogP contribution in [-0.4, -0.2) is 17.2 Å². The number of allylic oxidation sites excluding steroid dienone is 3. The maximum absolute atomic E-state index is 13.4. The van der Waals surface area contributed by atoms with E-state index >= 15 is 0 Å². The molecule has 24 heavy (non-hydrogen) atoms. The number of hydrogen-bond donors (Lipinski definition) is 0. The predicted octanol–water partition coefficient (Wildman–Crippen LogP) is 5.71. The molecular formula is C21H31NOS. The van der Waals surface area contributed by atoms with Crippen molar-refractivity contribution in [1.29, 1.82) is 0 Å². The second kappa shape index (κ2) is 6.23. The number of ketones is 1. The zero-order valence-corrected chi connectivity index (χ0v) is 16.3. The Morgan fingerprint density at radius 1 is 1.17 bits per heavy atom. The first-order chi connectivity index (χ1) is 11.5. The number of thioether (sulfide) groups is 1. The van der Waals surface area contributed by atoms with Crippen LogP contribution in [0.5, 0.6) is 0 Å². The van der Waals surface area contributed by atoms with E-state index in [4.69, 9.17) is 0 Å². The average molecular weight is 346 g/mol. The van der Waals surface area contributed by atoms with Gasteiger partial charge < -0.3 is 4.90 Å². The third-order valence-corrected chi connectivity index (χ3v) is 8.14. The molecule has 4 saturated carbocycles. The topological polar surface area (TPSA) is 20.3 Å². The first-order valence-corrected chi connectivity index (χ1v) is 10.7. The van der Waals surface area contributed by atoms with Gasteiger partial charge in [-0.3, -0.25) is 4.79 Å². The number of unbranched alkanes of at least 4 members (excludes halogenated alkanes) is 1. The Morgan fingerprint density at radius 2 is 1.75 bits per heavy atom. The van der Waals surface area contributed by atoms with E-state index in [2.05, 4.69) is 25.7 Å². The Balaban J connectivity index is 1.55. The quantitative estimate of drug-likeness (QED) is 0.595. The molecule has 132 valence electrons. The van der Waals surface area contributed by atoms with Gasteiger partial charge in [0.25, 0.3) is 0 Å². The van der Waals surface area contributed by atoms with Gasteiger partial charge in [0.05, 0.1) is 5.03 Å². The number of carbonyl (C=O) groups is 1. The van der Waals surface area contributed by atoms with Gasteiger partial charge >= 0.3 is 0 Å². The van der Waals surface area contributed by atoms with Crippen molar-refractivity contribution >= 4 is 17.5 Å². The van der Waals surface area contributed by atoms with Crippen LogP contribution in [0.2, 0.25) is 0 Å². The lowest BCUT2D eigenvalue weighted by Crippen LogP contribution is -2.49. The van der Waals surface area contributed by atoms with Crippen molar-refractivity contribution in [2.24, 2.45) is 23.2 Å². The zero-order chi connectivity index (χ0) is 16.9. The molecule has 4 bridgehead atoms. The standard InChI is InChI=1S/C21H31NOS/c1-4-5-6-22-14(2)15(3)24-20(22)10-19(23)21-11-16-7-17(12-21)9-18(8-16)13-21/h10,16-18H,4-9,11-13H2,1-3H3/b20-10-. The Kier molecular flexibility index (Phi) is 4.35. The van der Waals surface area contributed by atoms with Gasteiger partial charge in [-0.2, -0.15) is 0 Å². The molecule has 1 aliphatic heterocycles. The Labute approximate surface area is 151 Å². The van der Waals surface area contributed by atoms with Crippen molar-refractivity contribution in [2.75, 3.05) is 6.54 Å². The fraction of sp³-hybridized carbons (Fsp3) is 0.762. The van der Waals surface area contributed by atoms with E-state index in [0.29, 0.717) is 5.78 Å². The Bertz CT molecular complexity index is 568. The molecule has 4 fully saturated rings. The van der Waals surface area contributed by atoms with Gasteiger partial charge in [-0.25, -0.2) is 0 Å². The van der Waals surface area contributed by atoms with Crippen LogP contribution < -0.4 is 0 Å². The summed E-state index contributed by atoms with van der Waals surface area (Å²) < 4.78 is 0. The summed E-state index contributed by atoms with van der Waals surface area (Å²) >= 11 is 1.81. The van der Waals surface area contributed by atoms with Crippen LogP contribution in [0.1, 0.15) is 72.1 Å². The van der Waals surface area contributed by atoms with Crippen LogP contribution in [0.4, 0.5) is 0 Å². The van der Waals surface area contributed by atoms with Crippen LogP contribution in [0.25, 0.3) is 0 Å². The molecule has 0 N–H and O–H groups in total. The lowest BCUT2D eigenvalue weighted by molar-refractivity contribution is -0.138. The minimum atomic E-state index is 0.00311. The lowest BCUT2D eigenvalue weighted by Gasteiger charge is -2.55. The highest BCUT2D eigenvalue weighted by atomic mass is 32.2. The van der Waals surface area contributed by atoms with Gasteiger partial charge in [0.1, 0.15) is 0 Å². The molecule has 3 heteroatoms. The van der Waals surface area contributed by atoms with E-state index in [1.54, 1.807) is 0 Å². The summed E-state index contributed by atoms with van der Waals surface area (Å²) in [5, 5.41) is 1.19. The van der Waals surface area contributed by atoms with E-state index in [9.17, 15) is 4.79 Å². The largest absolute Gasteiger partial charge is 0.339 e. The predicted molar refractivity (Wildman–Crippen MR) is 101 cm³/mol. The Morgan fingerprint density at radius 3 is 2.29 bits per heavy atom. The van der Waals surface area contributed by atoms with Crippen LogP contribution in [0.15, 0.2) is 21.7 Å². The molecule has 1 heterocycles.